The molecule has 120 valence electrons. The highest BCUT2D eigenvalue weighted by molar-refractivity contribution is 5.95. The Hall–Kier alpha value is -1.63. The first-order chi connectivity index (χ1) is 9.88. The molecule has 1 rings (SSSR count). The third-order valence-electron chi connectivity index (χ3n) is 3.46. The molecular weight excluding hydrogens is 274 g/mol. The lowest BCUT2D eigenvalue weighted by Gasteiger charge is -2.16. The maximum Gasteiger partial charge on any atom is 0.321 e. The molecule has 4 N–H and O–H groups in total. The van der Waals surface area contributed by atoms with Gasteiger partial charge in [-0.25, -0.2) is 4.79 Å². The molecule has 21 heavy (non-hydrogen) atoms. The van der Waals surface area contributed by atoms with Crippen molar-refractivity contribution in [1.82, 2.24) is 16.0 Å². The smallest absolute Gasteiger partial charge is 0.321 e. The van der Waals surface area contributed by atoms with Crippen molar-refractivity contribution < 1.29 is 19.5 Å². The molecule has 1 saturated carbocycles. The zero-order valence-corrected chi connectivity index (χ0v) is 12.6. The van der Waals surface area contributed by atoms with Crippen LogP contribution in [0.15, 0.2) is 0 Å². The number of aliphatic carboxylic acids is 1. The zero-order chi connectivity index (χ0) is 15.8. The van der Waals surface area contributed by atoms with E-state index in [0.29, 0.717) is 6.42 Å². The highest BCUT2D eigenvalue weighted by Crippen LogP contribution is 2.17. The van der Waals surface area contributed by atoms with Crippen LogP contribution < -0.4 is 16.0 Å². The van der Waals surface area contributed by atoms with Gasteiger partial charge in [-0.05, 0) is 25.2 Å². The average Bonchev–Trinajstić information content (AvgIpc) is 2.86. The summed E-state index contributed by atoms with van der Waals surface area (Å²) in [7, 11) is 0. The van der Waals surface area contributed by atoms with Crippen molar-refractivity contribution in [3.8, 4) is 0 Å². The van der Waals surface area contributed by atoms with E-state index in [2.05, 4.69) is 16.0 Å². The Morgan fingerprint density at radius 1 is 1.19 bits per heavy atom. The van der Waals surface area contributed by atoms with Gasteiger partial charge in [0.15, 0.2) is 0 Å². The van der Waals surface area contributed by atoms with E-state index < -0.39 is 23.9 Å². The number of carbonyl (C=O) groups is 3. The maximum atomic E-state index is 11.6. The molecule has 0 aromatic rings. The number of carbonyl (C=O) groups excluding carboxylic acids is 2. The Morgan fingerprint density at radius 2 is 1.81 bits per heavy atom. The lowest BCUT2D eigenvalue weighted by atomic mass is 10.0. The van der Waals surface area contributed by atoms with Crippen LogP contribution in [0.4, 0.5) is 4.79 Å². The number of rotatable bonds is 7. The van der Waals surface area contributed by atoms with Crippen LogP contribution in [0.5, 0.6) is 0 Å². The van der Waals surface area contributed by atoms with Gasteiger partial charge in [0.05, 0.1) is 6.54 Å². The summed E-state index contributed by atoms with van der Waals surface area (Å²) >= 11 is 0. The van der Waals surface area contributed by atoms with Crippen LogP contribution in [-0.4, -0.2) is 41.6 Å². The van der Waals surface area contributed by atoms with Gasteiger partial charge in [-0.3, -0.25) is 20.2 Å². The second-order valence-corrected chi connectivity index (χ2v) is 5.90. The molecule has 0 radical (unpaired) electrons. The van der Waals surface area contributed by atoms with Crippen LogP contribution in [0.3, 0.4) is 0 Å². The molecule has 1 atom stereocenters. The molecule has 7 heteroatoms. The Bertz CT molecular complexity index is 378. The summed E-state index contributed by atoms with van der Waals surface area (Å²) in [5.74, 6) is -1.32. The quantitative estimate of drug-likeness (QED) is 0.557. The van der Waals surface area contributed by atoms with E-state index in [1.807, 2.05) is 13.8 Å². The van der Waals surface area contributed by atoms with Crippen molar-refractivity contribution in [1.29, 1.82) is 0 Å². The second-order valence-electron chi connectivity index (χ2n) is 5.90. The molecule has 7 nitrogen and oxygen atoms in total. The molecule has 0 bridgehead atoms. The molecule has 0 aromatic heterocycles. The monoisotopic (exact) mass is 299 g/mol. The third kappa shape index (κ3) is 7.08. The SMILES string of the molecule is CC(C)CC(NCC(=O)NC(=O)NC1CCCC1)C(=O)O. The summed E-state index contributed by atoms with van der Waals surface area (Å²) in [6.07, 6.45) is 4.49. The number of imide groups is 1. The fraction of sp³-hybridized carbons (Fsp3) is 0.786. The van der Waals surface area contributed by atoms with Gasteiger partial charge in [-0.1, -0.05) is 26.7 Å². The number of amides is 3. The Morgan fingerprint density at radius 3 is 2.33 bits per heavy atom. The van der Waals surface area contributed by atoms with Gasteiger partial charge in [-0.15, -0.1) is 0 Å². The zero-order valence-electron chi connectivity index (χ0n) is 12.6. The Labute approximate surface area is 124 Å². The molecule has 1 aliphatic carbocycles. The molecule has 0 aliphatic heterocycles. The summed E-state index contributed by atoms with van der Waals surface area (Å²) in [4.78, 5) is 34.2. The van der Waals surface area contributed by atoms with Crippen LogP contribution in [-0.2, 0) is 9.59 Å². The average molecular weight is 299 g/mol. The fourth-order valence-corrected chi connectivity index (χ4v) is 2.42. The van der Waals surface area contributed by atoms with Gasteiger partial charge >= 0.3 is 12.0 Å². The van der Waals surface area contributed by atoms with Crippen LogP contribution >= 0.6 is 0 Å². The molecule has 0 saturated heterocycles. The van der Waals surface area contributed by atoms with Crippen molar-refractivity contribution in [2.24, 2.45) is 5.92 Å². The summed E-state index contributed by atoms with van der Waals surface area (Å²) < 4.78 is 0. The topological polar surface area (TPSA) is 108 Å². The molecular formula is C14H25N3O4. The number of urea groups is 1. The molecule has 3 amide bonds. The first-order valence-electron chi connectivity index (χ1n) is 7.45. The van der Waals surface area contributed by atoms with E-state index in [4.69, 9.17) is 5.11 Å². The molecule has 1 fully saturated rings. The first-order valence-corrected chi connectivity index (χ1v) is 7.45. The predicted octanol–water partition coefficient (Wildman–Crippen LogP) is 0.844. The second kappa shape index (κ2) is 8.61. The number of carboxylic acid groups (broad SMARTS) is 1. The fourth-order valence-electron chi connectivity index (χ4n) is 2.42. The van der Waals surface area contributed by atoms with Gasteiger partial charge in [0.2, 0.25) is 5.91 Å². The van der Waals surface area contributed by atoms with E-state index in [1.54, 1.807) is 0 Å². The lowest BCUT2D eigenvalue weighted by molar-refractivity contribution is -0.140. The molecule has 0 heterocycles. The van der Waals surface area contributed by atoms with Gasteiger partial charge < -0.3 is 10.4 Å². The predicted molar refractivity (Wildman–Crippen MR) is 77.8 cm³/mol. The lowest BCUT2D eigenvalue weighted by Crippen LogP contribution is -2.48. The van der Waals surface area contributed by atoms with Gasteiger partial charge in [0.25, 0.3) is 0 Å². The Kier molecular flexibility index (Phi) is 7.14. The van der Waals surface area contributed by atoms with Crippen molar-refractivity contribution in [2.75, 3.05) is 6.54 Å². The van der Waals surface area contributed by atoms with Gasteiger partial charge in [0, 0.05) is 6.04 Å². The maximum absolute atomic E-state index is 11.6. The highest BCUT2D eigenvalue weighted by Gasteiger charge is 2.21. The Balaban J connectivity index is 2.28. The van der Waals surface area contributed by atoms with E-state index in [-0.39, 0.29) is 18.5 Å². The van der Waals surface area contributed by atoms with Crippen LogP contribution in [0.1, 0.15) is 46.0 Å². The number of hydrogen-bond acceptors (Lipinski definition) is 4. The van der Waals surface area contributed by atoms with Crippen LogP contribution in [0.2, 0.25) is 0 Å². The molecule has 1 unspecified atom stereocenters. The van der Waals surface area contributed by atoms with Gasteiger partial charge in [-0.2, -0.15) is 0 Å². The minimum Gasteiger partial charge on any atom is -0.480 e. The minimum atomic E-state index is -0.994. The van der Waals surface area contributed by atoms with E-state index in [9.17, 15) is 14.4 Å². The summed E-state index contributed by atoms with van der Waals surface area (Å²) in [6, 6.07) is -1.16. The van der Waals surface area contributed by atoms with E-state index in [1.165, 1.54) is 0 Å². The minimum absolute atomic E-state index is 0.137. The number of hydrogen-bond donors (Lipinski definition) is 4. The third-order valence-corrected chi connectivity index (χ3v) is 3.46. The van der Waals surface area contributed by atoms with Crippen molar-refractivity contribution in [2.45, 2.75) is 58.0 Å². The van der Waals surface area contributed by atoms with E-state index >= 15 is 0 Å². The van der Waals surface area contributed by atoms with Crippen molar-refractivity contribution >= 4 is 17.9 Å². The number of nitrogens with one attached hydrogen (secondary N) is 3. The van der Waals surface area contributed by atoms with E-state index in [0.717, 1.165) is 25.7 Å². The standard InChI is InChI=1S/C14H25N3O4/c1-9(2)7-11(13(19)20)15-8-12(18)17-14(21)16-10-5-3-4-6-10/h9-11,15H,3-8H2,1-2H3,(H,19,20)(H2,16,17,18,21). The highest BCUT2D eigenvalue weighted by atomic mass is 16.4. The number of carboxylic acids is 1. The summed E-state index contributed by atoms with van der Waals surface area (Å²) in [5, 5.41) is 16.6. The summed E-state index contributed by atoms with van der Waals surface area (Å²) in [5.41, 5.74) is 0. The molecule has 0 aromatic carbocycles. The van der Waals surface area contributed by atoms with Crippen molar-refractivity contribution in [3.05, 3.63) is 0 Å². The van der Waals surface area contributed by atoms with Crippen LogP contribution in [0.25, 0.3) is 0 Å². The van der Waals surface area contributed by atoms with Crippen molar-refractivity contribution in [3.63, 3.8) is 0 Å². The largest absolute Gasteiger partial charge is 0.480 e. The first kappa shape index (κ1) is 17.4. The molecule has 0 spiro atoms. The summed E-state index contributed by atoms with van der Waals surface area (Å²) in [6.45, 7) is 3.63. The molecule has 1 aliphatic rings. The van der Waals surface area contributed by atoms with Gasteiger partial charge in [0.1, 0.15) is 6.04 Å². The van der Waals surface area contributed by atoms with Crippen LogP contribution in [0, 0.1) is 5.92 Å². The normalized spacial score (nSPS) is 16.7.